The van der Waals surface area contributed by atoms with Crippen molar-refractivity contribution in [3.63, 3.8) is 0 Å². The number of hydrogen-bond donors (Lipinski definition) is 1. The molecule has 2 aliphatic heterocycles. The molecule has 2 aliphatic rings. The number of nitrogens with zero attached hydrogens (tertiary/aromatic N) is 3. The first kappa shape index (κ1) is 19.8. The van der Waals surface area contributed by atoms with Gasteiger partial charge in [0.2, 0.25) is 11.1 Å². The van der Waals surface area contributed by atoms with Crippen LogP contribution in [0.5, 0.6) is 5.75 Å². The van der Waals surface area contributed by atoms with E-state index in [0.29, 0.717) is 16.1 Å². The molecule has 6 rings (SSSR count). The highest BCUT2D eigenvalue weighted by Crippen LogP contribution is 2.51. The third kappa shape index (κ3) is 3.13. The second kappa shape index (κ2) is 7.65. The predicted octanol–water partition coefficient (Wildman–Crippen LogP) is 6.41. The lowest BCUT2D eigenvalue weighted by molar-refractivity contribution is 0.226. The fourth-order valence-electron chi connectivity index (χ4n) is 4.21. The van der Waals surface area contributed by atoms with Crippen LogP contribution >= 0.6 is 34.7 Å². The number of hydrogen-bond acceptors (Lipinski definition) is 6. The normalized spacial score (nSPS) is 19.0. The van der Waals surface area contributed by atoms with Crippen LogP contribution in [-0.4, -0.2) is 21.0 Å². The van der Waals surface area contributed by atoms with E-state index in [1.165, 1.54) is 23.9 Å². The van der Waals surface area contributed by atoms with Crippen LogP contribution < -0.4 is 10.1 Å². The first-order valence-electron chi connectivity index (χ1n) is 9.89. The molecule has 0 radical (unpaired) electrons. The molecule has 9 heteroatoms. The maximum atomic E-state index is 13.8. The van der Waals surface area contributed by atoms with Crippen molar-refractivity contribution in [3.05, 3.63) is 92.4 Å². The van der Waals surface area contributed by atoms with Crippen LogP contribution in [0.1, 0.15) is 28.1 Å². The van der Waals surface area contributed by atoms with Crippen molar-refractivity contribution in [2.75, 3.05) is 11.6 Å². The van der Waals surface area contributed by atoms with Gasteiger partial charge in [0.15, 0.2) is 6.10 Å². The van der Waals surface area contributed by atoms with Crippen molar-refractivity contribution >= 4 is 46.3 Å². The van der Waals surface area contributed by atoms with E-state index in [1.54, 1.807) is 23.5 Å². The zero-order valence-electron chi connectivity index (χ0n) is 16.8. The molecule has 0 amide bonds. The summed E-state index contributed by atoms with van der Waals surface area (Å²) in [6.07, 6.45) is 1.60. The maximum absolute atomic E-state index is 13.8. The van der Waals surface area contributed by atoms with E-state index < -0.39 is 0 Å². The standard InChI is InChI=1S/C23H16ClFN4OS2/c1-31-23-27-22-26-19-15-11-13(24)6-9-16(15)30-21(17-3-2-10-32-17)18(19)20(29(22)28-23)12-4-7-14(25)8-5-12/h2-11,20-21H,1H3,(H,26,27,28)/t20-,21-/m1/s1. The maximum Gasteiger partial charge on any atom is 0.227 e. The third-order valence-corrected chi connectivity index (χ3v) is 7.27. The Labute approximate surface area is 196 Å². The Morgan fingerprint density at radius 3 is 2.78 bits per heavy atom. The minimum atomic E-state index is -0.337. The van der Waals surface area contributed by atoms with E-state index in [1.807, 2.05) is 40.6 Å². The Balaban J connectivity index is 1.64. The number of benzene rings is 2. The average Bonchev–Trinajstić information content (AvgIpc) is 3.48. The summed E-state index contributed by atoms with van der Waals surface area (Å²) in [6.45, 7) is 0. The SMILES string of the molecule is CSc1nc2n(n1)[C@H](c1ccc(F)cc1)C1=C(N2)c2cc(Cl)ccc2O[C@@H]1c1cccs1. The summed E-state index contributed by atoms with van der Waals surface area (Å²) in [4.78, 5) is 5.73. The molecule has 0 spiro atoms. The minimum Gasteiger partial charge on any atom is -0.480 e. The lowest BCUT2D eigenvalue weighted by atomic mass is 9.86. The lowest BCUT2D eigenvalue weighted by Crippen LogP contribution is -2.32. The van der Waals surface area contributed by atoms with Gasteiger partial charge in [-0.05, 0) is 53.6 Å². The van der Waals surface area contributed by atoms with Gasteiger partial charge in [0, 0.05) is 21.0 Å². The first-order valence-corrected chi connectivity index (χ1v) is 12.4. The van der Waals surface area contributed by atoms with Gasteiger partial charge in [-0.1, -0.05) is 41.6 Å². The van der Waals surface area contributed by atoms with Crippen molar-refractivity contribution in [1.29, 1.82) is 0 Å². The number of anilines is 1. The topological polar surface area (TPSA) is 52.0 Å². The van der Waals surface area contributed by atoms with Crippen LogP contribution in [0.25, 0.3) is 5.70 Å². The molecule has 5 nitrogen and oxygen atoms in total. The van der Waals surface area contributed by atoms with Gasteiger partial charge in [-0.3, -0.25) is 0 Å². The fourth-order valence-corrected chi connectivity index (χ4v) is 5.50. The molecule has 2 aromatic carbocycles. The van der Waals surface area contributed by atoms with Crippen LogP contribution in [0, 0.1) is 5.82 Å². The molecule has 0 saturated heterocycles. The number of rotatable bonds is 3. The number of ether oxygens (including phenoxy) is 1. The van der Waals surface area contributed by atoms with Gasteiger partial charge in [-0.2, -0.15) is 4.98 Å². The zero-order chi connectivity index (χ0) is 21.8. The molecule has 2 atom stereocenters. The van der Waals surface area contributed by atoms with Crippen LogP contribution in [0.4, 0.5) is 10.3 Å². The quantitative estimate of drug-likeness (QED) is 0.342. The Morgan fingerprint density at radius 2 is 2.03 bits per heavy atom. The highest BCUT2D eigenvalue weighted by Gasteiger charge is 2.41. The molecule has 4 aromatic rings. The van der Waals surface area contributed by atoms with Gasteiger partial charge in [0.25, 0.3) is 0 Å². The summed E-state index contributed by atoms with van der Waals surface area (Å²) in [6, 6.07) is 15.9. The second-order valence-electron chi connectivity index (χ2n) is 7.43. The van der Waals surface area contributed by atoms with E-state index in [4.69, 9.17) is 21.4 Å². The Morgan fingerprint density at radius 1 is 1.19 bits per heavy atom. The van der Waals surface area contributed by atoms with Gasteiger partial charge in [-0.25, -0.2) is 9.07 Å². The number of thioether (sulfide) groups is 1. The van der Waals surface area contributed by atoms with Crippen LogP contribution in [0.15, 0.2) is 70.7 Å². The summed E-state index contributed by atoms with van der Waals surface area (Å²) in [5.41, 5.74) is 3.65. The summed E-state index contributed by atoms with van der Waals surface area (Å²) in [5, 5.41) is 11.5. The smallest absolute Gasteiger partial charge is 0.227 e. The fraction of sp³-hybridized carbons (Fsp3) is 0.130. The molecular weight excluding hydrogens is 467 g/mol. The summed E-state index contributed by atoms with van der Waals surface area (Å²) in [5.74, 6) is 1.09. The summed E-state index contributed by atoms with van der Waals surface area (Å²) < 4.78 is 22.2. The first-order chi connectivity index (χ1) is 15.6. The minimum absolute atomic E-state index is 0.285. The molecule has 0 fully saturated rings. The Kier molecular flexibility index (Phi) is 4.74. The van der Waals surface area contributed by atoms with Crippen molar-refractivity contribution < 1.29 is 9.13 Å². The van der Waals surface area contributed by atoms with E-state index in [9.17, 15) is 4.39 Å². The zero-order valence-corrected chi connectivity index (χ0v) is 19.1. The molecule has 4 heterocycles. The van der Waals surface area contributed by atoms with Gasteiger partial charge in [0.1, 0.15) is 17.6 Å². The average molecular weight is 483 g/mol. The highest BCUT2D eigenvalue weighted by atomic mass is 35.5. The number of halogens is 2. The molecule has 32 heavy (non-hydrogen) atoms. The van der Waals surface area contributed by atoms with Crippen LogP contribution in [-0.2, 0) is 0 Å². The second-order valence-corrected chi connectivity index (χ2v) is 9.62. The molecule has 1 N–H and O–H groups in total. The van der Waals surface area contributed by atoms with Crippen LogP contribution in [0.3, 0.4) is 0 Å². The van der Waals surface area contributed by atoms with Gasteiger partial charge >= 0.3 is 0 Å². The van der Waals surface area contributed by atoms with E-state index >= 15 is 0 Å². The largest absolute Gasteiger partial charge is 0.480 e. The van der Waals surface area contributed by atoms with Crippen molar-refractivity contribution in [2.45, 2.75) is 17.3 Å². The lowest BCUT2D eigenvalue weighted by Gasteiger charge is -2.38. The summed E-state index contributed by atoms with van der Waals surface area (Å²) >= 11 is 9.46. The Hall–Kier alpha value is -2.81. The third-order valence-electron chi connectivity index (χ3n) is 5.58. The highest BCUT2D eigenvalue weighted by molar-refractivity contribution is 7.98. The van der Waals surface area contributed by atoms with Gasteiger partial charge in [0.05, 0.1) is 5.70 Å². The molecular formula is C23H16ClFN4OS2. The predicted molar refractivity (Wildman–Crippen MR) is 126 cm³/mol. The number of nitrogens with one attached hydrogen (secondary N) is 1. The van der Waals surface area contributed by atoms with Crippen molar-refractivity contribution in [3.8, 4) is 5.75 Å². The van der Waals surface area contributed by atoms with E-state index in [2.05, 4.69) is 16.4 Å². The molecule has 0 saturated carbocycles. The van der Waals surface area contributed by atoms with E-state index in [0.717, 1.165) is 33.0 Å². The summed E-state index contributed by atoms with van der Waals surface area (Å²) in [7, 11) is 0. The van der Waals surface area contributed by atoms with Crippen molar-refractivity contribution in [1.82, 2.24) is 14.8 Å². The molecule has 0 bridgehead atoms. The number of fused-ring (bicyclic) bond motifs is 3. The molecule has 160 valence electrons. The van der Waals surface area contributed by atoms with Gasteiger partial charge in [-0.15, -0.1) is 16.4 Å². The molecule has 2 aromatic heterocycles. The van der Waals surface area contributed by atoms with E-state index in [-0.39, 0.29) is 18.0 Å². The molecule has 0 unspecified atom stereocenters. The van der Waals surface area contributed by atoms with Gasteiger partial charge < -0.3 is 10.1 Å². The van der Waals surface area contributed by atoms with Crippen LogP contribution in [0.2, 0.25) is 5.02 Å². The Bertz CT molecular complexity index is 1350. The monoisotopic (exact) mass is 482 g/mol. The number of thiophene rings is 1. The van der Waals surface area contributed by atoms with Crippen molar-refractivity contribution in [2.24, 2.45) is 0 Å². The number of aromatic nitrogens is 3. The molecule has 0 aliphatic carbocycles.